The maximum absolute atomic E-state index is 12.3. The summed E-state index contributed by atoms with van der Waals surface area (Å²) in [5.74, 6) is 0.794. The van der Waals surface area contributed by atoms with Gasteiger partial charge >= 0.3 is 0 Å². The van der Waals surface area contributed by atoms with Gasteiger partial charge in [-0.1, -0.05) is 30.3 Å². The summed E-state index contributed by atoms with van der Waals surface area (Å²) in [4.78, 5) is 16.3. The van der Waals surface area contributed by atoms with E-state index in [1.807, 2.05) is 29.2 Å². The van der Waals surface area contributed by atoms with E-state index in [4.69, 9.17) is 0 Å². The number of rotatable bonds is 5. The van der Waals surface area contributed by atoms with Crippen LogP contribution in [0.5, 0.6) is 0 Å². The van der Waals surface area contributed by atoms with Crippen LogP contribution in [-0.2, 0) is 6.54 Å². The average Bonchev–Trinajstić information content (AvgIpc) is 3.15. The van der Waals surface area contributed by atoms with Crippen molar-refractivity contribution in [3.8, 4) is 0 Å². The van der Waals surface area contributed by atoms with Gasteiger partial charge in [0.2, 0.25) is 0 Å². The van der Waals surface area contributed by atoms with Crippen molar-refractivity contribution in [2.45, 2.75) is 26.3 Å². The second-order valence-corrected chi connectivity index (χ2v) is 5.78. The van der Waals surface area contributed by atoms with E-state index >= 15 is 0 Å². The van der Waals surface area contributed by atoms with Crippen LogP contribution in [0.25, 0.3) is 0 Å². The summed E-state index contributed by atoms with van der Waals surface area (Å²) in [6.07, 6.45) is 2.16. The van der Waals surface area contributed by atoms with Gasteiger partial charge in [0.25, 0.3) is 5.91 Å². The molecule has 0 unspecified atom stereocenters. The van der Waals surface area contributed by atoms with Crippen LogP contribution in [0, 0.1) is 0 Å². The number of carbonyl (C=O) groups excluding carboxylic acids is 1. The maximum Gasteiger partial charge on any atom is 0.274 e. The summed E-state index contributed by atoms with van der Waals surface area (Å²) in [6, 6.07) is 14.0. The Labute approximate surface area is 136 Å². The van der Waals surface area contributed by atoms with Crippen molar-refractivity contribution < 1.29 is 4.79 Å². The lowest BCUT2D eigenvalue weighted by atomic mass is 10.2. The van der Waals surface area contributed by atoms with E-state index in [-0.39, 0.29) is 5.91 Å². The molecule has 1 amide bonds. The van der Waals surface area contributed by atoms with E-state index in [0.29, 0.717) is 5.69 Å². The average molecular weight is 310 g/mol. The molecule has 0 spiro atoms. The number of hydrogen-bond donors (Lipinski definition) is 0. The lowest BCUT2D eigenvalue weighted by Crippen LogP contribution is -2.29. The molecule has 0 aliphatic carbocycles. The fraction of sp³-hybridized carbons (Fsp3) is 0.389. The van der Waals surface area contributed by atoms with Gasteiger partial charge in [-0.15, -0.1) is 10.2 Å². The van der Waals surface area contributed by atoms with Crippen molar-refractivity contribution in [2.24, 2.45) is 0 Å². The number of benzene rings is 1. The quantitative estimate of drug-likeness (QED) is 0.852. The number of amides is 1. The molecule has 1 fully saturated rings. The molecule has 1 saturated heterocycles. The van der Waals surface area contributed by atoms with Crippen molar-refractivity contribution in [1.82, 2.24) is 15.1 Å². The zero-order chi connectivity index (χ0) is 16.1. The van der Waals surface area contributed by atoms with E-state index < -0.39 is 0 Å². The molecule has 23 heavy (non-hydrogen) atoms. The zero-order valence-electron chi connectivity index (χ0n) is 13.5. The molecule has 1 aromatic heterocycles. The Bertz CT molecular complexity index is 636. The topological polar surface area (TPSA) is 49.3 Å². The molecule has 1 aromatic carbocycles. The van der Waals surface area contributed by atoms with Gasteiger partial charge in [-0.25, -0.2) is 0 Å². The highest BCUT2D eigenvalue weighted by Gasteiger charge is 2.21. The van der Waals surface area contributed by atoms with E-state index in [2.05, 4.69) is 34.2 Å². The van der Waals surface area contributed by atoms with Gasteiger partial charge in [0, 0.05) is 26.2 Å². The first-order valence-corrected chi connectivity index (χ1v) is 8.20. The van der Waals surface area contributed by atoms with Crippen LogP contribution in [0.15, 0.2) is 42.5 Å². The van der Waals surface area contributed by atoms with Crippen molar-refractivity contribution in [1.29, 1.82) is 0 Å². The molecule has 0 bridgehead atoms. The molecule has 5 heteroatoms. The molecular weight excluding hydrogens is 288 g/mol. The van der Waals surface area contributed by atoms with E-state index in [0.717, 1.165) is 44.8 Å². The third-order valence-electron chi connectivity index (χ3n) is 4.18. The van der Waals surface area contributed by atoms with Crippen LogP contribution in [0.2, 0.25) is 0 Å². The molecule has 0 saturated carbocycles. The largest absolute Gasteiger partial charge is 0.351 e. The Hall–Kier alpha value is -2.43. The van der Waals surface area contributed by atoms with Crippen LogP contribution >= 0.6 is 0 Å². The molecule has 120 valence electrons. The molecule has 3 rings (SSSR count). The first-order valence-electron chi connectivity index (χ1n) is 8.20. The second-order valence-electron chi connectivity index (χ2n) is 5.78. The van der Waals surface area contributed by atoms with E-state index in [1.54, 1.807) is 6.07 Å². The predicted octanol–water partition coefficient (Wildman–Crippen LogP) is 2.74. The fourth-order valence-electron chi connectivity index (χ4n) is 2.85. The molecule has 0 atom stereocenters. The van der Waals surface area contributed by atoms with Crippen LogP contribution in [-0.4, -0.2) is 40.6 Å². The smallest absolute Gasteiger partial charge is 0.274 e. The molecule has 0 N–H and O–H groups in total. The van der Waals surface area contributed by atoms with E-state index in [1.165, 1.54) is 5.56 Å². The Morgan fingerprint density at radius 2 is 1.83 bits per heavy atom. The van der Waals surface area contributed by atoms with Crippen LogP contribution < -0.4 is 4.90 Å². The molecule has 1 aliphatic heterocycles. The molecule has 5 nitrogen and oxygen atoms in total. The lowest BCUT2D eigenvalue weighted by molar-refractivity contribution is 0.0786. The van der Waals surface area contributed by atoms with Gasteiger partial charge in [-0.05, 0) is 37.5 Å². The van der Waals surface area contributed by atoms with Gasteiger partial charge < -0.3 is 9.80 Å². The minimum Gasteiger partial charge on any atom is -0.351 e. The SMILES string of the molecule is CCN(Cc1ccccc1)c1ccc(C(=O)N2CCCC2)nn1. The van der Waals surface area contributed by atoms with Gasteiger partial charge in [0.1, 0.15) is 0 Å². The van der Waals surface area contributed by atoms with Crippen molar-refractivity contribution in [3.05, 3.63) is 53.7 Å². The zero-order valence-corrected chi connectivity index (χ0v) is 13.5. The summed E-state index contributed by atoms with van der Waals surface area (Å²) < 4.78 is 0. The number of hydrogen-bond acceptors (Lipinski definition) is 4. The Balaban J connectivity index is 1.71. The Morgan fingerprint density at radius 1 is 1.09 bits per heavy atom. The number of carbonyl (C=O) groups is 1. The normalized spacial score (nSPS) is 14.0. The first-order chi connectivity index (χ1) is 11.3. The molecular formula is C18H22N4O. The summed E-state index contributed by atoms with van der Waals surface area (Å²) >= 11 is 0. The molecule has 2 aromatic rings. The highest BCUT2D eigenvalue weighted by atomic mass is 16.2. The summed E-state index contributed by atoms with van der Waals surface area (Å²) in [5, 5.41) is 8.42. The minimum atomic E-state index is -0.00680. The summed E-state index contributed by atoms with van der Waals surface area (Å²) in [7, 11) is 0. The van der Waals surface area contributed by atoms with Crippen LogP contribution in [0.1, 0.15) is 35.8 Å². The third kappa shape index (κ3) is 3.67. The number of nitrogens with zero attached hydrogens (tertiary/aromatic N) is 4. The monoisotopic (exact) mass is 310 g/mol. The van der Waals surface area contributed by atoms with Crippen molar-refractivity contribution in [3.63, 3.8) is 0 Å². The number of anilines is 1. The highest BCUT2D eigenvalue weighted by Crippen LogP contribution is 2.16. The highest BCUT2D eigenvalue weighted by molar-refractivity contribution is 5.92. The summed E-state index contributed by atoms with van der Waals surface area (Å²) in [5.41, 5.74) is 1.67. The molecule has 0 radical (unpaired) electrons. The van der Waals surface area contributed by atoms with Gasteiger partial charge in [-0.3, -0.25) is 4.79 Å². The number of aromatic nitrogens is 2. The Kier molecular flexibility index (Phi) is 4.86. The second kappa shape index (κ2) is 7.22. The fourth-order valence-corrected chi connectivity index (χ4v) is 2.85. The van der Waals surface area contributed by atoms with E-state index in [9.17, 15) is 4.79 Å². The Morgan fingerprint density at radius 3 is 2.43 bits per heavy atom. The van der Waals surface area contributed by atoms with Crippen LogP contribution in [0.3, 0.4) is 0 Å². The van der Waals surface area contributed by atoms with Crippen molar-refractivity contribution >= 4 is 11.7 Å². The van der Waals surface area contributed by atoms with Gasteiger partial charge in [-0.2, -0.15) is 0 Å². The molecule has 1 aliphatic rings. The third-order valence-corrected chi connectivity index (χ3v) is 4.18. The predicted molar refractivity (Wildman–Crippen MR) is 90.3 cm³/mol. The van der Waals surface area contributed by atoms with Crippen molar-refractivity contribution in [2.75, 3.05) is 24.5 Å². The standard InChI is InChI=1S/C18H22N4O/c1-2-21(14-15-8-4-3-5-9-15)17-11-10-16(19-20-17)18(23)22-12-6-7-13-22/h3-5,8-11H,2,6-7,12-14H2,1H3. The first kappa shape index (κ1) is 15.5. The molecule has 2 heterocycles. The maximum atomic E-state index is 12.3. The van der Waals surface area contributed by atoms with Gasteiger partial charge in [0.05, 0.1) is 0 Å². The van der Waals surface area contributed by atoms with Gasteiger partial charge in [0.15, 0.2) is 11.5 Å². The minimum absolute atomic E-state index is 0.00680. The lowest BCUT2D eigenvalue weighted by Gasteiger charge is -2.22. The number of likely N-dealkylation sites (tertiary alicyclic amines) is 1. The summed E-state index contributed by atoms with van der Waals surface area (Å²) in [6.45, 7) is 5.37. The van der Waals surface area contributed by atoms with Crippen LogP contribution in [0.4, 0.5) is 5.82 Å².